The first kappa shape index (κ1) is 18.1. The lowest BCUT2D eigenvalue weighted by Crippen LogP contribution is -2.02. The maximum absolute atomic E-state index is 12.9. The minimum Gasteiger partial charge on any atom is -0.493 e. The predicted molar refractivity (Wildman–Crippen MR) is 103 cm³/mol. The molecule has 0 unspecified atom stereocenters. The van der Waals surface area contributed by atoms with Gasteiger partial charge in [0.05, 0.1) is 21.3 Å². The summed E-state index contributed by atoms with van der Waals surface area (Å²) >= 11 is 3.38. The van der Waals surface area contributed by atoms with E-state index in [1.807, 2.05) is 24.3 Å². The van der Waals surface area contributed by atoms with E-state index in [2.05, 4.69) is 20.9 Å². The van der Waals surface area contributed by atoms with Crippen LogP contribution in [0.1, 0.15) is 15.9 Å². The lowest BCUT2D eigenvalue weighted by Gasteiger charge is -2.14. The molecule has 5 nitrogen and oxygen atoms in total. The molecule has 2 aromatic carbocycles. The van der Waals surface area contributed by atoms with Gasteiger partial charge in [0.1, 0.15) is 0 Å². The highest BCUT2D eigenvalue weighted by atomic mass is 79.9. The number of halogens is 1. The Bertz CT molecular complexity index is 906. The Morgan fingerprint density at radius 2 is 1.54 bits per heavy atom. The van der Waals surface area contributed by atoms with Gasteiger partial charge in [0.15, 0.2) is 17.3 Å². The summed E-state index contributed by atoms with van der Waals surface area (Å²) < 4.78 is 17.1. The highest BCUT2D eigenvalue weighted by Gasteiger charge is 2.20. The van der Waals surface area contributed by atoms with Gasteiger partial charge >= 0.3 is 0 Å². The van der Waals surface area contributed by atoms with Gasteiger partial charge in [-0.1, -0.05) is 15.9 Å². The molecule has 0 spiro atoms. The van der Waals surface area contributed by atoms with Crippen LogP contribution >= 0.6 is 15.9 Å². The van der Waals surface area contributed by atoms with E-state index in [0.717, 1.165) is 15.6 Å². The number of H-pyrrole nitrogens is 1. The number of rotatable bonds is 6. The summed E-state index contributed by atoms with van der Waals surface area (Å²) in [5, 5.41) is 0. The van der Waals surface area contributed by atoms with Crippen molar-refractivity contribution in [1.29, 1.82) is 0 Å². The Hall–Kier alpha value is -2.73. The summed E-state index contributed by atoms with van der Waals surface area (Å²) in [4.78, 5) is 15.9. The summed E-state index contributed by atoms with van der Waals surface area (Å²) in [7, 11) is 4.68. The second-order valence-corrected chi connectivity index (χ2v) is 6.45. The van der Waals surface area contributed by atoms with Crippen molar-refractivity contribution < 1.29 is 19.0 Å². The third kappa shape index (κ3) is 3.32. The fraction of sp³-hybridized carbons (Fsp3) is 0.150. The molecular formula is C20H18BrNO4. The molecule has 1 aromatic heterocycles. The zero-order valence-corrected chi connectivity index (χ0v) is 16.2. The monoisotopic (exact) mass is 415 g/mol. The van der Waals surface area contributed by atoms with Gasteiger partial charge in [-0.3, -0.25) is 4.79 Å². The van der Waals surface area contributed by atoms with E-state index in [0.29, 0.717) is 28.4 Å². The largest absolute Gasteiger partial charge is 0.493 e. The van der Waals surface area contributed by atoms with Gasteiger partial charge in [0.2, 0.25) is 5.75 Å². The van der Waals surface area contributed by atoms with Crippen LogP contribution in [0.4, 0.5) is 0 Å². The topological polar surface area (TPSA) is 60.6 Å². The van der Waals surface area contributed by atoms with E-state index < -0.39 is 0 Å². The summed E-state index contributed by atoms with van der Waals surface area (Å²) in [5.41, 5.74) is 2.74. The van der Waals surface area contributed by atoms with Crippen molar-refractivity contribution in [3.8, 4) is 28.4 Å². The lowest BCUT2D eigenvalue weighted by molar-refractivity contribution is 0.103. The van der Waals surface area contributed by atoms with Crippen molar-refractivity contribution >= 4 is 21.7 Å². The molecule has 0 saturated heterocycles. The number of carbonyl (C=O) groups is 1. The Kier molecular flexibility index (Phi) is 5.32. The fourth-order valence-corrected chi connectivity index (χ4v) is 3.05. The number of ketones is 1. The second-order valence-electron chi connectivity index (χ2n) is 5.53. The summed E-state index contributed by atoms with van der Waals surface area (Å²) in [6, 6.07) is 10.9. The third-order valence-corrected chi connectivity index (χ3v) is 4.60. The van der Waals surface area contributed by atoms with E-state index in [4.69, 9.17) is 14.2 Å². The second kappa shape index (κ2) is 7.66. The average molecular weight is 416 g/mol. The first-order valence-corrected chi connectivity index (χ1v) is 8.65. The van der Waals surface area contributed by atoms with Crippen LogP contribution in [0.3, 0.4) is 0 Å². The van der Waals surface area contributed by atoms with Gasteiger partial charge in [-0.25, -0.2) is 0 Å². The molecule has 3 aromatic rings. The Balaban J connectivity index is 2.08. The molecule has 0 saturated carbocycles. The van der Waals surface area contributed by atoms with Crippen molar-refractivity contribution in [3.05, 3.63) is 64.4 Å². The molecule has 1 N–H and O–H groups in total. The SMILES string of the molecule is COc1cc(-c2c[nH]cc2C(=O)c2ccc(Br)cc2)cc(OC)c1OC. The van der Waals surface area contributed by atoms with Crippen molar-refractivity contribution in [1.82, 2.24) is 4.98 Å². The van der Waals surface area contributed by atoms with E-state index in [9.17, 15) is 4.79 Å². The van der Waals surface area contributed by atoms with Gasteiger partial charge in [-0.15, -0.1) is 0 Å². The van der Waals surface area contributed by atoms with E-state index in [-0.39, 0.29) is 5.78 Å². The Labute approximate surface area is 160 Å². The molecule has 0 aliphatic carbocycles. The number of nitrogens with one attached hydrogen (secondary N) is 1. The van der Waals surface area contributed by atoms with Crippen LogP contribution in [-0.4, -0.2) is 32.1 Å². The van der Waals surface area contributed by atoms with E-state index in [1.54, 1.807) is 45.9 Å². The molecule has 0 fully saturated rings. The zero-order chi connectivity index (χ0) is 18.7. The molecule has 0 radical (unpaired) electrons. The molecule has 0 atom stereocenters. The summed E-state index contributed by atoms with van der Waals surface area (Å²) in [6.45, 7) is 0. The molecule has 0 aliphatic rings. The number of carbonyl (C=O) groups excluding carboxylic acids is 1. The van der Waals surface area contributed by atoms with E-state index in [1.165, 1.54) is 0 Å². The van der Waals surface area contributed by atoms with Crippen LogP contribution in [-0.2, 0) is 0 Å². The first-order chi connectivity index (χ1) is 12.6. The number of benzene rings is 2. The van der Waals surface area contributed by atoms with Crippen LogP contribution < -0.4 is 14.2 Å². The molecule has 3 rings (SSSR count). The van der Waals surface area contributed by atoms with Crippen LogP contribution in [0.5, 0.6) is 17.2 Å². The number of aromatic amines is 1. The molecule has 6 heteroatoms. The van der Waals surface area contributed by atoms with Crippen LogP contribution in [0.2, 0.25) is 0 Å². The van der Waals surface area contributed by atoms with Gasteiger partial charge in [-0.2, -0.15) is 0 Å². The summed E-state index contributed by atoms with van der Waals surface area (Å²) in [6.07, 6.45) is 3.48. The number of methoxy groups -OCH3 is 3. The molecular weight excluding hydrogens is 398 g/mol. The van der Waals surface area contributed by atoms with E-state index >= 15 is 0 Å². The summed E-state index contributed by atoms with van der Waals surface area (Å²) in [5.74, 6) is 1.51. The number of hydrogen-bond acceptors (Lipinski definition) is 4. The molecule has 134 valence electrons. The maximum atomic E-state index is 12.9. The van der Waals surface area contributed by atoms with Gasteiger partial charge in [-0.05, 0) is 42.0 Å². The number of aromatic nitrogens is 1. The van der Waals surface area contributed by atoms with Crippen molar-refractivity contribution in [2.45, 2.75) is 0 Å². The molecule has 0 amide bonds. The fourth-order valence-electron chi connectivity index (χ4n) is 2.78. The molecule has 1 heterocycles. The highest BCUT2D eigenvalue weighted by Crippen LogP contribution is 2.42. The van der Waals surface area contributed by atoms with Gasteiger partial charge in [0, 0.05) is 33.6 Å². The number of hydrogen-bond donors (Lipinski definition) is 1. The smallest absolute Gasteiger partial charge is 0.203 e. The molecule has 0 aliphatic heterocycles. The Morgan fingerprint density at radius 1 is 0.923 bits per heavy atom. The quantitative estimate of drug-likeness (QED) is 0.592. The first-order valence-electron chi connectivity index (χ1n) is 7.86. The third-order valence-electron chi connectivity index (χ3n) is 4.07. The van der Waals surface area contributed by atoms with Crippen molar-refractivity contribution in [2.24, 2.45) is 0 Å². The van der Waals surface area contributed by atoms with Gasteiger partial charge in [0.25, 0.3) is 0 Å². The molecule has 26 heavy (non-hydrogen) atoms. The van der Waals surface area contributed by atoms with Crippen LogP contribution in [0.25, 0.3) is 11.1 Å². The zero-order valence-electron chi connectivity index (χ0n) is 14.6. The Morgan fingerprint density at radius 3 is 2.08 bits per heavy atom. The highest BCUT2D eigenvalue weighted by molar-refractivity contribution is 9.10. The molecule has 0 bridgehead atoms. The number of ether oxygens (including phenoxy) is 3. The van der Waals surface area contributed by atoms with Crippen LogP contribution in [0, 0.1) is 0 Å². The average Bonchev–Trinajstić information content (AvgIpc) is 3.16. The normalized spacial score (nSPS) is 10.5. The minimum absolute atomic E-state index is 0.0671. The van der Waals surface area contributed by atoms with Crippen molar-refractivity contribution in [2.75, 3.05) is 21.3 Å². The van der Waals surface area contributed by atoms with Crippen molar-refractivity contribution in [3.63, 3.8) is 0 Å². The predicted octanol–water partition coefficient (Wildman–Crippen LogP) is 4.70. The standard InChI is InChI=1S/C20H18BrNO4/c1-24-17-8-13(9-18(25-2)20(17)26-3)15-10-22-11-16(15)19(23)12-4-6-14(21)7-5-12/h4-11,22H,1-3H3. The minimum atomic E-state index is -0.0671. The van der Waals surface area contributed by atoms with Crippen LogP contribution in [0.15, 0.2) is 53.3 Å². The maximum Gasteiger partial charge on any atom is 0.203 e. The van der Waals surface area contributed by atoms with Gasteiger partial charge < -0.3 is 19.2 Å². The lowest BCUT2D eigenvalue weighted by atomic mass is 9.97.